The van der Waals surface area contributed by atoms with Gasteiger partial charge in [0.2, 0.25) is 18.1 Å². The quantitative estimate of drug-likeness (QED) is 0.174. The Hall–Kier alpha value is -0.0900. The topological polar surface area (TPSA) is 211 Å². The lowest BCUT2D eigenvalue weighted by Crippen LogP contribution is -2.21. The van der Waals surface area contributed by atoms with Gasteiger partial charge in [0.15, 0.2) is 5.75 Å². The zero-order valence-electron chi connectivity index (χ0n) is 15.8. The second-order valence-corrected chi connectivity index (χ2v) is 15.8. The molecule has 29 heteroatoms. The third-order valence-electron chi connectivity index (χ3n) is 0.905. The van der Waals surface area contributed by atoms with Gasteiger partial charge in [-0.15, -0.1) is 0 Å². The molecule has 0 aromatic rings. The molecule has 0 aliphatic carbocycles. The maximum atomic E-state index is 11.1. The monoisotopic (exact) mass is 710 g/mol. The van der Waals surface area contributed by atoms with E-state index in [4.69, 9.17) is 17.5 Å². The van der Waals surface area contributed by atoms with Gasteiger partial charge in [-0.2, -0.15) is 56.3 Å². The van der Waals surface area contributed by atoms with Gasteiger partial charge in [-0.1, -0.05) is 0 Å². The molecular weight excluding hydrogens is 702 g/mol. The van der Waals surface area contributed by atoms with E-state index in [1.807, 2.05) is 0 Å². The highest BCUT2D eigenvalue weighted by molar-refractivity contribution is 8.14. The maximum Gasteiger partial charge on any atom is 0.522 e. The minimum absolute atomic E-state index is 0.715. The van der Waals surface area contributed by atoms with Gasteiger partial charge in [-0.05, 0) is 0 Å². The molecule has 0 aromatic carbocycles. The van der Waals surface area contributed by atoms with E-state index in [0.717, 1.165) is 6.26 Å². The number of rotatable bonds is 1. The SMILES string of the molecule is CS(=O)(=O)Cl.CS(=O)(=O)O.O=S(=O)(Cl)C(F)(F)F.O=S(=O)(Cl)CC(F)(F)F.O=S(=O)(O)C(F)(F)F. The molecule has 2 N–H and O–H groups in total. The number of alkyl halides is 9. The predicted octanol–water partition coefficient (Wildman–Crippen LogP) is 2.27. The van der Waals surface area contributed by atoms with Crippen LogP contribution in [0.3, 0.4) is 0 Å². The second-order valence-electron chi connectivity index (χ2n) is 4.52. The zero-order valence-corrected chi connectivity index (χ0v) is 22.1. The second kappa shape index (κ2) is 15.4. The van der Waals surface area contributed by atoms with E-state index in [1.165, 1.54) is 0 Å². The highest BCUT2D eigenvalue weighted by Gasteiger charge is 2.45. The van der Waals surface area contributed by atoms with Gasteiger partial charge in [0.1, 0.15) is 0 Å². The fourth-order valence-corrected chi connectivity index (χ4v) is 0.958. The summed E-state index contributed by atoms with van der Waals surface area (Å²) in [6.45, 7) is 0. The molecular formula is C6H10Cl3F9O12S5. The summed E-state index contributed by atoms with van der Waals surface area (Å²) < 4.78 is 206. The molecule has 220 valence electrons. The number of hydrogen-bond donors (Lipinski definition) is 2. The van der Waals surface area contributed by atoms with Gasteiger partial charge in [-0.3, -0.25) is 9.11 Å². The fourth-order valence-electron chi connectivity index (χ4n) is 0.195. The molecule has 0 fully saturated rings. The molecule has 0 aliphatic rings. The Balaban J connectivity index is -0.000000109. The van der Waals surface area contributed by atoms with Crippen molar-refractivity contribution in [2.24, 2.45) is 0 Å². The highest BCUT2D eigenvalue weighted by atomic mass is 35.7. The Labute approximate surface area is 205 Å². The standard InChI is InChI=1S/C2H2ClF3O2S.CClF3O2S.CH3ClO2S.CHF3O3S.CH4O3S/c3-9(7,8)1-2(4,5)6;2-8(6,7)1(3,4)5;1-5(2,3)4;2-1(3,4)8(5,6)7;1-5(2,3)4/h1H2;;1H3;(H,5,6,7);1H3,(H,2,3,4). The average molecular weight is 712 g/mol. The minimum Gasteiger partial charge on any atom is -0.286 e. The van der Waals surface area contributed by atoms with Crippen LogP contribution >= 0.6 is 32.0 Å². The molecule has 0 rings (SSSR count). The van der Waals surface area contributed by atoms with Crippen LogP contribution in [0.4, 0.5) is 39.5 Å². The fraction of sp³-hybridized carbons (Fsp3) is 1.00. The molecule has 0 amide bonds. The highest BCUT2D eigenvalue weighted by Crippen LogP contribution is 2.26. The van der Waals surface area contributed by atoms with Crippen molar-refractivity contribution in [3.05, 3.63) is 0 Å². The maximum absolute atomic E-state index is 11.1. The van der Waals surface area contributed by atoms with E-state index in [9.17, 15) is 73.2 Å². The van der Waals surface area contributed by atoms with Crippen molar-refractivity contribution in [3.8, 4) is 0 Å². The van der Waals surface area contributed by atoms with Gasteiger partial charge in [0.05, 0.1) is 12.5 Å². The third-order valence-corrected chi connectivity index (χ3v) is 3.57. The van der Waals surface area contributed by atoms with Crippen molar-refractivity contribution >= 4 is 79.4 Å². The Morgan fingerprint density at radius 2 is 0.743 bits per heavy atom. The van der Waals surface area contributed by atoms with Crippen LogP contribution in [0.5, 0.6) is 0 Å². The average Bonchev–Trinajstić information content (AvgIpc) is 2.24. The molecule has 12 nitrogen and oxygen atoms in total. The predicted molar refractivity (Wildman–Crippen MR) is 102 cm³/mol. The first-order valence-corrected chi connectivity index (χ1v) is 16.9. The van der Waals surface area contributed by atoms with Crippen LogP contribution in [-0.2, 0) is 47.4 Å². The largest absolute Gasteiger partial charge is 0.522 e. The summed E-state index contributed by atoms with van der Waals surface area (Å²) in [6, 6.07) is 0. The molecule has 0 saturated carbocycles. The first-order valence-electron chi connectivity index (χ1n) is 6.06. The van der Waals surface area contributed by atoms with Gasteiger partial charge in [0, 0.05) is 32.0 Å². The lowest BCUT2D eigenvalue weighted by atomic mass is 10.8. The van der Waals surface area contributed by atoms with E-state index in [0.29, 0.717) is 6.26 Å². The first-order chi connectivity index (χ1) is 14.2. The lowest BCUT2D eigenvalue weighted by Gasteiger charge is -2.00. The van der Waals surface area contributed by atoms with E-state index >= 15 is 0 Å². The third kappa shape index (κ3) is 60.4. The lowest BCUT2D eigenvalue weighted by molar-refractivity contribution is -0.106. The van der Waals surface area contributed by atoms with E-state index in [1.54, 1.807) is 0 Å². The van der Waals surface area contributed by atoms with Crippen LogP contribution in [-0.4, -0.2) is 86.7 Å². The number of halogens is 12. The van der Waals surface area contributed by atoms with Gasteiger partial charge >= 0.3 is 36.4 Å². The van der Waals surface area contributed by atoms with Crippen LogP contribution in [0.1, 0.15) is 0 Å². The molecule has 0 atom stereocenters. The number of hydrogen-bond acceptors (Lipinski definition) is 10. The minimum atomic E-state index is -5.84. The molecule has 0 radical (unpaired) electrons. The van der Waals surface area contributed by atoms with Gasteiger partial charge < -0.3 is 0 Å². The Kier molecular flexibility index (Phi) is 19.7. The summed E-state index contributed by atoms with van der Waals surface area (Å²) in [5.41, 5.74) is -10.9. The van der Waals surface area contributed by atoms with Crippen molar-refractivity contribution in [2.45, 2.75) is 17.2 Å². The van der Waals surface area contributed by atoms with E-state index in [-0.39, 0.29) is 0 Å². The molecule has 0 saturated heterocycles. The van der Waals surface area contributed by atoms with Crippen molar-refractivity contribution in [2.75, 3.05) is 18.3 Å². The van der Waals surface area contributed by atoms with Crippen LogP contribution in [0.15, 0.2) is 0 Å². The first kappa shape index (κ1) is 44.9. The van der Waals surface area contributed by atoms with Crippen molar-refractivity contribution < 1.29 is 90.7 Å². The normalized spacial score (nSPS) is 13.3. The summed E-state index contributed by atoms with van der Waals surface area (Å²) in [5, 5.41) is 0. The summed E-state index contributed by atoms with van der Waals surface area (Å²) in [4.78, 5) is 0. The molecule has 0 spiro atoms. The van der Waals surface area contributed by atoms with Crippen LogP contribution in [0, 0.1) is 0 Å². The van der Waals surface area contributed by atoms with Gasteiger partial charge in [-0.25, -0.2) is 25.3 Å². The summed E-state index contributed by atoms with van der Waals surface area (Å²) in [7, 11) is -9.88. The Bertz CT molecular complexity index is 1060. The smallest absolute Gasteiger partial charge is 0.286 e. The van der Waals surface area contributed by atoms with Crippen LogP contribution in [0.2, 0.25) is 0 Å². The molecule has 35 heavy (non-hydrogen) atoms. The van der Waals surface area contributed by atoms with Crippen molar-refractivity contribution in [1.29, 1.82) is 0 Å². The van der Waals surface area contributed by atoms with E-state index in [2.05, 4.69) is 32.0 Å². The summed E-state index contributed by atoms with van der Waals surface area (Å²) in [6.07, 6.45) is -3.10. The molecule has 0 bridgehead atoms. The van der Waals surface area contributed by atoms with E-state index < -0.39 is 70.3 Å². The van der Waals surface area contributed by atoms with Gasteiger partial charge in [0.25, 0.3) is 10.1 Å². The van der Waals surface area contributed by atoms with Crippen molar-refractivity contribution in [1.82, 2.24) is 0 Å². The zero-order chi connectivity index (χ0) is 30.7. The summed E-state index contributed by atoms with van der Waals surface area (Å²) in [5.74, 6) is -1.97. The summed E-state index contributed by atoms with van der Waals surface area (Å²) >= 11 is 0. The van der Waals surface area contributed by atoms with Crippen LogP contribution in [0.25, 0.3) is 0 Å². The Morgan fingerprint density at radius 3 is 0.743 bits per heavy atom. The van der Waals surface area contributed by atoms with Crippen molar-refractivity contribution in [3.63, 3.8) is 0 Å². The Morgan fingerprint density at radius 1 is 0.600 bits per heavy atom. The molecule has 0 aromatic heterocycles. The van der Waals surface area contributed by atoms with Crippen LogP contribution < -0.4 is 0 Å². The molecule has 0 aliphatic heterocycles. The molecule has 0 heterocycles. The molecule has 0 unspecified atom stereocenters.